The molecule has 0 aliphatic heterocycles. The van der Waals surface area contributed by atoms with E-state index in [1.807, 2.05) is 0 Å². The van der Waals surface area contributed by atoms with Gasteiger partial charge in [-0.25, -0.2) is 0 Å². The Hall–Kier alpha value is -1.77. The maximum absolute atomic E-state index is 5.49. The molecule has 1 heterocycles. The van der Waals surface area contributed by atoms with Gasteiger partial charge in [0.25, 0.3) is 0 Å². The van der Waals surface area contributed by atoms with Gasteiger partial charge in [0.15, 0.2) is 0 Å². The molecule has 1 aromatic carbocycles. The van der Waals surface area contributed by atoms with Crippen LogP contribution in [0.15, 0.2) is 34.9 Å². The van der Waals surface area contributed by atoms with Gasteiger partial charge in [0.1, 0.15) is 5.69 Å². The van der Waals surface area contributed by atoms with Crippen molar-refractivity contribution in [2.45, 2.75) is 26.2 Å². The second kappa shape index (κ2) is 4.39. The van der Waals surface area contributed by atoms with Gasteiger partial charge in [-0.1, -0.05) is 43.3 Å². The molecule has 1 unspecified atom stereocenters. The van der Waals surface area contributed by atoms with Crippen LogP contribution >= 0.6 is 0 Å². The van der Waals surface area contributed by atoms with Gasteiger partial charge >= 0.3 is 0 Å². The topological polar surface area (TPSA) is 52.0 Å². The van der Waals surface area contributed by atoms with E-state index in [0.29, 0.717) is 11.8 Å². The quantitative estimate of drug-likeness (QED) is 0.855. The Morgan fingerprint density at radius 2 is 2.00 bits per heavy atom. The Labute approximate surface area is 95.3 Å². The molecule has 0 aliphatic carbocycles. The van der Waals surface area contributed by atoms with Crippen LogP contribution in [0.2, 0.25) is 0 Å². The third-order valence-electron chi connectivity index (χ3n) is 2.92. The fourth-order valence-corrected chi connectivity index (χ4v) is 1.64. The number of hydrogen-bond donors (Lipinski definition) is 1. The highest BCUT2D eigenvalue weighted by atomic mass is 16.5. The standard InChI is InChI=1S/C13H16N2O/c1-3-9(2)10-4-6-11(7-5-10)12-8-13(14)16-15-12/h4-9H,3,14H2,1-2H3. The monoisotopic (exact) mass is 216 g/mol. The molecule has 2 aromatic rings. The first-order chi connectivity index (χ1) is 7.70. The molecule has 0 radical (unpaired) electrons. The molecule has 0 amide bonds. The normalized spacial score (nSPS) is 12.6. The van der Waals surface area contributed by atoms with Gasteiger partial charge in [0.2, 0.25) is 5.88 Å². The van der Waals surface area contributed by atoms with Crippen LogP contribution in [-0.4, -0.2) is 5.16 Å². The first-order valence-corrected chi connectivity index (χ1v) is 5.53. The fraction of sp³-hybridized carbons (Fsp3) is 0.308. The zero-order valence-electron chi connectivity index (χ0n) is 9.60. The van der Waals surface area contributed by atoms with E-state index in [1.54, 1.807) is 6.07 Å². The summed E-state index contributed by atoms with van der Waals surface area (Å²) in [5, 5.41) is 3.88. The lowest BCUT2D eigenvalue weighted by molar-refractivity contribution is 0.439. The molecular weight excluding hydrogens is 200 g/mol. The van der Waals surface area contributed by atoms with Crippen molar-refractivity contribution < 1.29 is 4.52 Å². The number of hydrogen-bond acceptors (Lipinski definition) is 3. The maximum atomic E-state index is 5.49. The average Bonchev–Trinajstić information content (AvgIpc) is 2.75. The minimum atomic E-state index is 0.348. The number of nitrogen functional groups attached to an aromatic ring is 1. The highest BCUT2D eigenvalue weighted by Gasteiger charge is 2.06. The van der Waals surface area contributed by atoms with Crippen LogP contribution in [0.3, 0.4) is 0 Å². The van der Waals surface area contributed by atoms with Crippen LogP contribution in [0, 0.1) is 0 Å². The summed E-state index contributed by atoms with van der Waals surface area (Å²) in [6.45, 7) is 4.42. The maximum Gasteiger partial charge on any atom is 0.222 e. The summed E-state index contributed by atoms with van der Waals surface area (Å²) in [5.74, 6) is 0.942. The number of nitrogens with zero attached hydrogens (tertiary/aromatic N) is 1. The lowest BCUT2D eigenvalue weighted by Gasteiger charge is -2.08. The van der Waals surface area contributed by atoms with Crippen LogP contribution in [0.25, 0.3) is 11.3 Å². The van der Waals surface area contributed by atoms with Crippen LogP contribution in [0.5, 0.6) is 0 Å². The smallest absolute Gasteiger partial charge is 0.222 e. The lowest BCUT2D eigenvalue weighted by atomic mass is 9.97. The summed E-state index contributed by atoms with van der Waals surface area (Å²) >= 11 is 0. The summed E-state index contributed by atoms with van der Waals surface area (Å²) in [6.07, 6.45) is 1.15. The zero-order chi connectivity index (χ0) is 11.5. The molecule has 2 N–H and O–H groups in total. The van der Waals surface area contributed by atoms with Crippen LogP contribution < -0.4 is 5.73 Å². The van der Waals surface area contributed by atoms with Crippen molar-refractivity contribution in [1.29, 1.82) is 0 Å². The molecule has 1 atom stereocenters. The van der Waals surface area contributed by atoms with Crippen molar-refractivity contribution in [2.24, 2.45) is 0 Å². The van der Waals surface area contributed by atoms with E-state index in [0.717, 1.165) is 17.7 Å². The first-order valence-electron chi connectivity index (χ1n) is 5.53. The third-order valence-corrected chi connectivity index (χ3v) is 2.92. The fourth-order valence-electron chi connectivity index (χ4n) is 1.64. The molecule has 16 heavy (non-hydrogen) atoms. The van der Waals surface area contributed by atoms with E-state index in [1.165, 1.54) is 5.56 Å². The van der Waals surface area contributed by atoms with Crippen molar-refractivity contribution in [1.82, 2.24) is 5.16 Å². The highest BCUT2D eigenvalue weighted by molar-refractivity contribution is 5.61. The van der Waals surface area contributed by atoms with Crippen LogP contribution in [0.4, 0.5) is 5.88 Å². The molecule has 3 nitrogen and oxygen atoms in total. The second-order valence-corrected chi connectivity index (χ2v) is 4.05. The van der Waals surface area contributed by atoms with Gasteiger partial charge in [0, 0.05) is 11.6 Å². The Kier molecular flexibility index (Phi) is 2.95. The van der Waals surface area contributed by atoms with E-state index in [4.69, 9.17) is 10.3 Å². The molecule has 0 saturated heterocycles. The Balaban J connectivity index is 2.25. The van der Waals surface area contributed by atoms with E-state index >= 15 is 0 Å². The Morgan fingerprint density at radius 1 is 1.31 bits per heavy atom. The molecule has 0 spiro atoms. The average molecular weight is 216 g/mol. The minimum Gasteiger partial charge on any atom is -0.368 e. The zero-order valence-corrected chi connectivity index (χ0v) is 9.60. The molecule has 1 aromatic heterocycles. The van der Waals surface area contributed by atoms with E-state index < -0.39 is 0 Å². The molecule has 0 aliphatic rings. The predicted molar refractivity (Wildman–Crippen MR) is 65.1 cm³/mol. The van der Waals surface area contributed by atoms with Crippen LogP contribution in [0.1, 0.15) is 31.7 Å². The largest absolute Gasteiger partial charge is 0.368 e. The van der Waals surface area contributed by atoms with E-state index in [-0.39, 0.29) is 0 Å². The molecule has 2 rings (SSSR count). The van der Waals surface area contributed by atoms with Gasteiger partial charge in [-0.15, -0.1) is 0 Å². The molecular formula is C13H16N2O. The minimum absolute atomic E-state index is 0.348. The van der Waals surface area contributed by atoms with E-state index in [2.05, 4.69) is 43.3 Å². The summed E-state index contributed by atoms with van der Waals surface area (Å²) in [4.78, 5) is 0. The van der Waals surface area contributed by atoms with E-state index in [9.17, 15) is 0 Å². The van der Waals surface area contributed by atoms with Crippen molar-refractivity contribution in [2.75, 3.05) is 5.73 Å². The first kappa shape index (κ1) is 10.7. The van der Waals surface area contributed by atoms with Gasteiger partial charge in [-0.2, -0.15) is 0 Å². The summed E-state index contributed by atoms with van der Waals surface area (Å²) in [6, 6.07) is 10.1. The highest BCUT2D eigenvalue weighted by Crippen LogP contribution is 2.24. The number of rotatable bonds is 3. The molecule has 0 bridgehead atoms. The second-order valence-electron chi connectivity index (χ2n) is 4.05. The number of anilines is 1. The SMILES string of the molecule is CCC(C)c1ccc(-c2cc(N)on2)cc1. The summed E-state index contributed by atoms with van der Waals surface area (Å²) in [5.41, 5.74) is 8.66. The van der Waals surface area contributed by atoms with Gasteiger partial charge in [-0.05, 0) is 17.9 Å². The van der Waals surface area contributed by atoms with Gasteiger partial charge in [0.05, 0.1) is 0 Å². The Morgan fingerprint density at radius 3 is 2.50 bits per heavy atom. The number of aromatic nitrogens is 1. The molecule has 0 saturated carbocycles. The van der Waals surface area contributed by atoms with Gasteiger partial charge < -0.3 is 10.3 Å². The molecule has 0 fully saturated rings. The Bertz CT molecular complexity index is 459. The third kappa shape index (κ3) is 2.08. The van der Waals surface area contributed by atoms with Crippen molar-refractivity contribution >= 4 is 5.88 Å². The van der Waals surface area contributed by atoms with Crippen LogP contribution in [-0.2, 0) is 0 Å². The van der Waals surface area contributed by atoms with Crippen molar-refractivity contribution in [3.63, 3.8) is 0 Å². The number of nitrogens with two attached hydrogens (primary N) is 1. The lowest BCUT2D eigenvalue weighted by Crippen LogP contribution is -1.90. The summed E-state index contributed by atoms with van der Waals surface area (Å²) < 4.78 is 4.85. The molecule has 3 heteroatoms. The predicted octanol–water partition coefficient (Wildman–Crippen LogP) is 3.44. The van der Waals surface area contributed by atoms with Crippen molar-refractivity contribution in [3.05, 3.63) is 35.9 Å². The molecule has 84 valence electrons. The number of benzene rings is 1. The van der Waals surface area contributed by atoms with Crippen molar-refractivity contribution in [3.8, 4) is 11.3 Å². The summed E-state index contributed by atoms with van der Waals surface area (Å²) in [7, 11) is 0. The van der Waals surface area contributed by atoms with Gasteiger partial charge in [-0.3, -0.25) is 0 Å².